The summed E-state index contributed by atoms with van der Waals surface area (Å²) in [7, 11) is 0. The van der Waals surface area contributed by atoms with Gasteiger partial charge in [0.25, 0.3) is 17.7 Å². The maximum atomic E-state index is 12.6. The number of hydrogen-bond donors (Lipinski definition) is 2. The first kappa shape index (κ1) is 18.7. The lowest BCUT2D eigenvalue weighted by atomic mass is 10.0. The van der Waals surface area contributed by atoms with Gasteiger partial charge >= 0.3 is 0 Å². The Balaban J connectivity index is 1.47. The number of benzene rings is 2. The zero-order valence-corrected chi connectivity index (χ0v) is 16.5. The fourth-order valence-corrected chi connectivity index (χ4v) is 5.07. The van der Waals surface area contributed by atoms with Crippen LogP contribution in [0.1, 0.15) is 68.7 Å². The lowest BCUT2D eigenvalue weighted by molar-refractivity contribution is 0.0879. The molecule has 0 atom stereocenters. The number of thioether (sulfide) groups is 1. The van der Waals surface area contributed by atoms with Gasteiger partial charge in [0, 0.05) is 21.4 Å². The van der Waals surface area contributed by atoms with Gasteiger partial charge in [-0.2, -0.15) is 0 Å². The molecule has 2 aromatic carbocycles. The molecule has 2 aliphatic rings. The Morgan fingerprint density at radius 3 is 2.50 bits per heavy atom. The molecule has 0 bridgehead atoms. The highest BCUT2D eigenvalue weighted by Crippen LogP contribution is 2.35. The maximum Gasteiger partial charge on any atom is 0.258 e. The number of amides is 3. The van der Waals surface area contributed by atoms with E-state index in [-0.39, 0.29) is 11.5 Å². The molecule has 1 heterocycles. The molecular weight excluding hydrogens is 372 g/mol. The molecule has 1 saturated carbocycles. The molecule has 1 aliphatic heterocycles. The van der Waals surface area contributed by atoms with E-state index >= 15 is 0 Å². The highest BCUT2D eigenvalue weighted by molar-refractivity contribution is 8.00. The van der Waals surface area contributed by atoms with Crippen molar-refractivity contribution in [3.05, 3.63) is 58.7 Å². The van der Waals surface area contributed by atoms with Gasteiger partial charge in [0.1, 0.15) is 0 Å². The number of imide groups is 1. The average Bonchev–Trinajstić information content (AvgIpc) is 2.98. The van der Waals surface area contributed by atoms with Gasteiger partial charge in [0.15, 0.2) is 0 Å². The van der Waals surface area contributed by atoms with E-state index in [0.29, 0.717) is 16.4 Å². The van der Waals surface area contributed by atoms with E-state index in [4.69, 9.17) is 0 Å². The highest BCUT2D eigenvalue weighted by Gasteiger charge is 2.27. The van der Waals surface area contributed by atoms with Crippen LogP contribution in [0, 0.1) is 6.92 Å². The van der Waals surface area contributed by atoms with Crippen LogP contribution in [0.2, 0.25) is 0 Å². The number of aryl methyl sites for hydroxylation is 1. The predicted octanol–water partition coefficient (Wildman–Crippen LogP) is 4.56. The molecule has 0 unspecified atom stereocenters. The highest BCUT2D eigenvalue weighted by atomic mass is 32.2. The Morgan fingerprint density at radius 1 is 1.00 bits per heavy atom. The Morgan fingerprint density at radius 2 is 1.75 bits per heavy atom. The molecule has 4 rings (SSSR count). The van der Waals surface area contributed by atoms with Crippen molar-refractivity contribution in [3.63, 3.8) is 0 Å². The molecule has 2 aromatic rings. The molecule has 1 aliphatic carbocycles. The van der Waals surface area contributed by atoms with Gasteiger partial charge in [-0.3, -0.25) is 19.7 Å². The van der Waals surface area contributed by atoms with E-state index in [1.165, 1.54) is 49.1 Å². The minimum atomic E-state index is -0.463. The van der Waals surface area contributed by atoms with Crippen molar-refractivity contribution in [2.45, 2.75) is 49.2 Å². The average molecular weight is 394 g/mol. The number of rotatable bonds is 4. The van der Waals surface area contributed by atoms with E-state index in [1.807, 2.05) is 24.8 Å². The quantitative estimate of drug-likeness (QED) is 0.746. The van der Waals surface area contributed by atoms with Crippen LogP contribution in [0.15, 0.2) is 41.3 Å². The fraction of sp³-hybridized carbons (Fsp3) is 0.318. The number of fused-ring (bicyclic) bond motifs is 1. The third-order valence-corrected chi connectivity index (χ3v) is 6.63. The van der Waals surface area contributed by atoms with E-state index < -0.39 is 11.8 Å². The molecular formula is C22H22N2O3S. The lowest BCUT2D eigenvalue weighted by Crippen LogP contribution is -2.20. The summed E-state index contributed by atoms with van der Waals surface area (Å²) in [6.07, 6.45) is 6.52. The summed E-state index contributed by atoms with van der Waals surface area (Å²) in [5.41, 5.74) is 2.65. The molecule has 0 aromatic heterocycles. The van der Waals surface area contributed by atoms with Crippen molar-refractivity contribution in [2.24, 2.45) is 0 Å². The van der Waals surface area contributed by atoms with Gasteiger partial charge in [-0.05, 0) is 61.7 Å². The summed E-state index contributed by atoms with van der Waals surface area (Å²) < 4.78 is 0. The SMILES string of the molecule is Cc1cc(SC2CCCCC2)ccc1NC(=O)c1ccc2c(c1)C(=O)NC2=O. The van der Waals surface area contributed by atoms with Crippen LogP contribution in [-0.2, 0) is 0 Å². The first-order valence-corrected chi connectivity index (χ1v) is 10.5. The first-order chi connectivity index (χ1) is 13.5. The maximum absolute atomic E-state index is 12.6. The Hall–Kier alpha value is -2.60. The van der Waals surface area contributed by atoms with Crippen molar-refractivity contribution in [2.75, 3.05) is 5.32 Å². The monoisotopic (exact) mass is 394 g/mol. The van der Waals surface area contributed by atoms with Crippen LogP contribution in [0.25, 0.3) is 0 Å². The van der Waals surface area contributed by atoms with Gasteiger partial charge in [0.05, 0.1) is 11.1 Å². The molecule has 0 radical (unpaired) electrons. The second kappa shape index (κ2) is 7.80. The molecule has 2 N–H and O–H groups in total. The Labute approximate surface area is 168 Å². The Kier molecular flexibility index (Phi) is 5.22. The van der Waals surface area contributed by atoms with Crippen molar-refractivity contribution in [3.8, 4) is 0 Å². The largest absolute Gasteiger partial charge is 0.322 e. The third-order valence-electron chi connectivity index (χ3n) is 5.30. The Bertz CT molecular complexity index is 964. The zero-order chi connectivity index (χ0) is 19.7. The summed E-state index contributed by atoms with van der Waals surface area (Å²) >= 11 is 1.93. The fourth-order valence-electron chi connectivity index (χ4n) is 3.73. The molecule has 6 heteroatoms. The minimum absolute atomic E-state index is 0.244. The molecule has 144 valence electrons. The van der Waals surface area contributed by atoms with E-state index in [2.05, 4.69) is 22.8 Å². The van der Waals surface area contributed by atoms with Crippen LogP contribution in [0.4, 0.5) is 5.69 Å². The number of hydrogen-bond acceptors (Lipinski definition) is 4. The standard InChI is InChI=1S/C22H22N2O3S/c1-13-11-16(28-15-5-3-2-4-6-15)8-10-19(13)23-20(25)14-7-9-17-18(12-14)22(27)24-21(17)26/h7-12,15H,2-6H2,1H3,(H,23,25)(H,24,26,27). The van der Waals surface area contributed by atoms with E-state index in [0.717, 1.165) is 11.3 Å². The van der Waals surface area contributed by atoms with Crippen molar-refractivity contribution in [1.29, 1.82) is 0 Å². The van der Waals surface area contributed by atoms with Crippen molar-refractivity contribution < 1.29 is 14.4 Å². The first-order valence-electron chi connectivity index (χ1n) is 9.59. The summed E-state index contributed by atoms with van der Waals surface area (Å²) in [6.45, 7) is 1.98. The third kappa shape index (κ3) is 3.83. The van der Waals surface area contributed by atoms with Gasteiger partial charge in [-0.1, -0.05) is 19.3 Å². The van der Waals surface area contributed by atoms with Crippen LogP contribution in [0.3, 0.4) is 0 Å². The summed E-state index contributed by atoms with van der Waals surface area (Å²) in [5, 5.41) is 5.83. The summed E-state index contributed by atoms with van der Waals surface area (Å²) in [5.74, 6) is -1.19. The predicted molar refractivity (Wildman–Crippen MR) is 110 cm³/mol. The van der Waals surface area contributed by atoms with E-state index in [1.54, 1.807) is 6.07 Å². The number of anilines is 1. The molecule has 3 amide bonds. The van der Waals surface area contributed by atoms with Crippen LogP contribution in [-0.4, -0.2) is 23.0 Å². The molecule has 28 heavy (non-hydrogen) atoms. The van der Waals surface area contributed by atoms with Crippen molar-refractivity contribution in [1.82, 2.24) is 5.32 Å². The summed E-state index contributed by atoms with van der Waals surface area (Å²) in [4.78, 5) is 37.3. The number of carbonyl (C=O) groups excluding carboxylic acids is 3. The normalized spacial score (nSPS) is 16.6. The zero-order valence-electron chi connectivity index (χ0n) is 15.7. The van der Waals surface area contributed by atoms with Gasteiger partial charge < -0.3 is 5.32 Å². The van der Waals surface area contributed by atoms with Gasteiger partial charge in [0.2, 0.25) is 0 Å². The number of nitrogens with one attached hydrogen (secondary N) is 2. The lowest BCUT2D eigenvalue weighted by Gasteiger charge is -2.21. The van der Waals surface area contributed by atoms with Crippen LogP contribution in [0.5, 0.6) is 0 Å². The van der Waals surface area contributed by atoms with Crippen LogP contribution >= 0.6 is 11.8 Å². The second-order valence-electron chi connectivity index (χ2n) is 7.35. The smallest absolute Gasteiger partial charge is 0.258 e. The van der Waals surface area contributed by atoms with Gasteiger partial charge in [-0.15, -0.1) is 11.8 Å². The van der Waals surface area contributed by atoms with Gasteiger partial charge in [-0.25, -0.2) is 0 Å². The summed E-state index contributed by atoms with van der Waals surface area (Å²) in [6, 6.07) is 10.6. The molecule has 5 nitrogen and oxygen atoms in total. The topological polar surface area (TPSA) is 75.3 Å². The molecule has 1 fully saturated rings. The molecule has 0 spiro atoms. The second-order valence-corrected chi connectivity index (χ2v) is 8.73. The minimum Gasteiger partial charge on any atom is -0.322 e. The van der Waals surface area contributed by atoms with Crippen LogP contribution < -0.4 is 10.6 Å². The molecule has 0 saturated heterocycles. The number of carbonyl (C=O) groups is 3. The van der Waals surface area contributed by atoms with E-state index in [9.17, 15) is 14.4 Å². The van der Waals surface area contributed by atoms with Crippen molar-refractivity contribution >= 4 is 35.2 Å².